The van der Waals surface area contributed by atoms with E-state index in [9.17, 15) is 13.2 Å². The fourth-order valence-corrected chi connectivity index (χ4v) is 5.96. The number of benzene rings is 2. The van der Waals surface area contributed by atoms with E-state index in [1.165, 1.54) is 20.5 Å². The van der Waals surface area contributed by atoms with E-state index in [0.29, 0.717) is 31.1 Å². The van der Waals surface area contributed by atoms with Crippen LogP contribution in [0.25, 0.3) is 0 Å². The third-order valence-electron chi connectivity index (χ3n) is 5.76. The number of carboxylic acid groups (broad SMARTS) is 1. The number of nitrogens with one attached hydrogen (secondary N) is 1. The number of aryl methyl sites for hydroxylation is 1. The fourth-order valence-electron chi connectivity index (χ4n) is 3.87. The number of rotatable bonds is 8. The quantitative estimate of drug-likeness (QED) is 0.478. The molecule has 2 heterocycles. The lowest BCUT2D eigenvalue weighted by Gasteiger charge is -2.23. The van der Waals surface area contributed by atoms with Crippen LogP contribution in [-0.2, 0) is 16.6 Å². The molecule has 2 aromatic carbocycles. The van der Waals surface area contributed by atoms with E-state index >= 15 is 0 Å². The highest BCUT2D eigenvalue weighted by atomic mass is 32.2. The number of carbonyl (C=O) groups is 1. The van der Waals surface area contributed by atoms with Gasteiger partial charge in [0.1, 0.15) is 5.75 Å². The molecular formula is C23H26N4O5S2. The van der Waals surface area contributed by atoms with Crippen molar-refractivity contribution < 1.29 is 23.1 Å². The first-order chi connectivity index (χ1) is 16.3. The van der Waals surface area contributed by atoms with E-state index in [2.05, 4.69) is 10.3 Å². The molecule has 11 heteroatoms. The van der Waals surface area contributed by atoms with E-state index in [1.807, 2.05) is 19.1 Å². The van der Waals surface area contributed by atoms with Crippen LogP contribution < -0.4 is 14.4 Å². The second-order valence-electron chi connectivity index (χ2n) is 8.04. The summed E-state index contributed by atoms with van der Waals surface area (Å²) < 4.78 is 33.8. The first-order valence-corrected chi connectivity index (χ1v) is 13.0. The molecule has 0 spiro atoms. The number of anilines is 2. The minimum Gasteiger partial charge on any atom is -0.497 e. The number of ether oxygens (including phenoxy) is 1. The van der Waals surface area contributed by atoms with Crippen LogP contribution in [0.3, 0.4) is 0 Å². The third-order valence-corrected chi connectivity index (χ3v) is 8.08. The molecule has 1 atom stereocenters. The predicted molar refractivity (Wildman–Crippen MR) is 131 cm³/mol. The third kappa shape index (κ3) is 5.10. The number of thiazole rings is 1. The molecule has 1 fully saturated rings. The van der Waals surface area contributed by atoms with Crippen LogP contribution in [0.1, 0.15) is 17.5 Å². The Morgan fingerprint density at radius 2 is 2.06 bits per heavy atom. The Morgan fingerprint density at radius 1 is 1.29 bits per heavy atom. The maximum Gasteiger partial charge on any atom is 0.407 e. The van der Waals surface area contributed by atoms with Gasteiger partial charge >= 0.3 is 6.09 Å². The molecule has 1 amide bonds. The second kappa shape index (κ2) is 9.90. The van der Waals surface area contributed by atoms with Gasteiger partial charge in [0.15, 0.2) is 5.82 Å². The number of sulfonamides is 1. The van der Waals surface area contributed by atoms with E-state index in [-0.39, 0.29) is 17.5 Å². The Labute approximate surface area is 202 Å². The minimum atomic E-state index is -3.89. The Morgan fingerprint density at radius 3 is 2.65 bits per heavy atom. The molecule has 1 aliphatic heterocycles. The summed E-state index contributed by atoms with van der Waals surface area (Å²) >= 11 is 1.33. The van der Waals surface area contributed by atoms with Crippen LogP contribution in [0.5, 0.6) is 5.75 Å². The zero-order valence-corrected chi connectivity index (χ0v) is 20.5. The summed E-state index contributed by atoms with van der Waals surface area (Å²) in [7, 11) is -2.31. The van der Waals surface area contributed by atoms with Gasteiger partial charge in [0.05, 0.1) is 24.1 Å². The highest BCUT2D eigenvalue weighted by Crippen LogP contribution is 2.29. The average molecular weight is 503 g/mol. The van der Waals surface area contributed by atoms with Crippen molar-refractivity contribution in [2.45, 2.75) is 30.8 Å². The number of aromatic nitrogens is 1. The lowest BCUT2D eigenvalue weighted by atomic mass is 10.1. The molecule has 3 aromatic rings. The van der Waals surface area contributed by atoms with Gasteiger partial charge in [-0.25, -0.2) is 22.5 Å². The van der Waals surface area contributed by atoms with Crippen LogP contribution in [0.15, 0.2) is 58.3 Å². The molecule has 180 valence electrons. The van der Waals surface area contributed by atoms with Crippen molar-refractivity contribution in [3.05, 3.63) is 64.5 Å². The molecule has 4 rings (SSSR count). The monoisotopic (exact) mass is 502 g/mol. The largest absolute Gasteiger partial charge is 0.497 e. The summed E-state index contributed by atoms with van der Waals surface area (Å²) in [6.07, 6.45) is -0.230. The number of likely N-dealkylation sites (tertiary alicyclic amines) is 1. The van der Waals surface area contributed by atoms with E-state index in [4.69, 9.17) is 9.84 Å². The van der Waals surface area contributed by atoms with Crippen molar-refractivity contribution in [1.29, 1.82) is 0 Å². The molecule has 9 nitrogen and oxygen atoms in total. The van der Waals surface area contributed by atoms with Gasteiger partial charge < -0.3 is 20.1 Å². The normalized spacial score (nSPS) is 15.8. The van der Waals surface area contributed by atoms with Crippen LogP contribution in [0.4, 0.5) is 16.3 Å². The maximum absolute atomic E-state index is 13.7. The topological polar surface area (TPSA) is 112 Å². The molecule has 2 N–H and O–H groups in total. The summed E-state index contributed by atoms with van der Waals surface area (Å²) in [5, 5.41) is 14.2. The first kappa shape index (κ1) is 23.8. The van der Waals surface area contributed by atoms with Crippen LogP contribution in [-0.4, -0.2) is 55.7 Å². The van der Waals surface area contributed by atoms with Crippen molar-refractivity contribution in [2.24, 2.45) is 0 Å². The summed E-state index contributed by atoms with van der Waals surface area (Å²) in [5.74, 6) is 1.06. The average Bonchev–Trinajstić information content (AvgIpc) is 3.51. The Bertz CT molecular complexity index is 1250. The lowest BCUT2D eigenvalue weighted by molar-refractivity contribution is 0.155. The van der Waals surface area contributed by atoms with Crippen LogP contribution in [0.2, 0.25) is 0 Å². The molecule has 1 aliphatic rings. The number of amides is 1. The van der Waals surface area contributed by atoms with Crippen molar-refractivity contribution >= 4 is 39.0 Å². The van der Waals surface area contributed by atoms with Crippen molar-refractivity contribution in [3.63, 3.8) is 0 Å². The molecule has 1 saturated heterocycles. The van der Waals surface area contributed by atoms with Gasteiger partial charge in [-0.3, -0.25) is 0 Å². The van der Waals surface area contributed by atoms with E-state index in [1.54, 1.807) is 48.3 Å². The number of methoxy groups -OCH3 is 1. The summed E-state index contributed by atoms with van der Waals surface area (Å²) in [5.41, 5.74) is 3.95. The summed E-state index contributed by atoms with van der Waals surface area (Å²) in [6.45, 7) is 2.84. The smallest absolute Gasteiger partial charge is 0.407 e. The number of nitrogens with zero attached hydrogens (tertiary/aromatic N) is 3. The maximum atomic E-state index is 13.7. The van der Waals surface area contributed by atoms with E-state index in [0.717, 1.165) is 16.8 Å². The van der Waals surface area contributed by atoms with Gasteiger partial charge in [-0.05, 0) is 54.8 Å². The molecule has 1 aromatic heterocycles. The Hall–Kier alpha value is -3.31. The summed E-state index contributed by atoms with van der Waals surface area (Å²) in [4.78, 5) is 16.9. The molecule has 34 heavy (non-hydrogen) atoms. The zero-order valence-electron chi connectivity index (χ0n) is 18.8. The molecular weight excluding hydrogens is 476 g/mol. The van der Waals surface area contributed by atoms with Crippen LogP contribution >= 0.6 is 11.3 Å². The standard InChI is InChI=1S/C23H26N4O5S2/c1-16-11-20(7-8-21(16)25-18-9-10-26(13-18)23(28)29)34(30,31)27(22-14-33-15-24-22)12-17-3-5-19(32-2)6-4-17/h3-8,11,14-15,18,25H,9-10,12-13H2,1-2H3,(H,28,29)/t18-/m0/s1. The minimum absolute atomic E-state index is 0.0150. The lowest BCUT2D eigenvalue weighted by Crippen LogP contribution is -2.31. The molecule has 0 saturated carbocycles. The first-order valence-electron chi connectivity index (χ1n) is 10.7. The van der Waals surface area contributed by atoms with Crippen molar-refractivity contribution in [3.8, 4) is 5.75 Å². The van der Waals surface area contributed by atoms with Gasteiger partial charge in [-0.15, -0.1) is 11.3 Å². The van der Waals surface area contributed by atoms with Gasteiger partial charge in [0.2, 0.25) is 0 Å². The van der Waals surface area contributed by atoms with Gasteiger partial charge in [0, 0.05) is 30.2 Å². The highest BCUT2D eigenvalue weighted by molar-refractivity contribution is 7.92. The fraction of sp³-hybridized carbons (Fsp3) is 0.304. The highest BCUT2D eigenvalue weighted by Gasteiger charge is 2.29. The van der Waals surface area contributed by atoms with Crippen molar-refractivity contribution in [1.82, 2.24) is 9.88 Å². The molecule has 0 bridgehead atoms. The van der Waals surface area contributed by atoms with Gasteiger partial charge in [0.25, 0.3) is 10.0 Å². The van der Waals surface area contributed by atoms with Gasteiger partial charge in [-0.2, -0.15) is 0 Å². The molecule has 0 aliphatic carbocycles. The molecule has 0 radical (unpaired) electrons. The van der Waals surface area contributed by atoms with E-state index < -0.39 is 16.1 Å². The SMILES string of the molecule is COc1ccc(CN(c2cscn2)S(=O)(=O)c2ccc(N[C@H]3CCN(C(=O)O)C3)c(C)c2)cc1. The number of hydrogen-bond acceptors (Lipinski definition) is 7. The second-order valence-corrected chi connectivity index (χ2v) is 10.6. The number of hydrogen-bond donors (Lipinski definition) is 2. The van der Waals surface area contributed by atoms with Crippen molar-refractivity contribution in [2.75, 3.05) is 29.8 Å². The Balaban J connectivity index is 1.57. The Kier molecular flexibility index (Phi) is 6.94. The predicted octanol–water partition coefficient (Wildman–Crippen LogP) is 4.02. The van der Waals surface area contributed by atoms with Crippen LogP contribution in [0, 0.1) is 6.92 Å². The zero-order chi connectivity index (χ0) is 24.3. The molecule has 0 unspecified atom stereocenters. The summed E-state index contributed by atoms with van der Waals surface area (Å²) in [6, 6.07) is 12.2. The van der Waals surface area contributed by atoms with Gasteiger partial charge in [-0.1, -0.05) is 12.1 Å².